The number of hydrogen-bond acceptors (Lipinski definition) is 3. The molecular formula is C14H24N2S. The van der Waals surface area contributed by atoms with Crippen molar-refractivity contribution in [1.82, 2.24) is 9.88 Å². The highest BCUT2D eigenvalue weighted by Crippen LogP contribution is 2.46. The Morgan fingerprint density at radius 1 is 1.35 bits per heavy atom. The van der Waals surface area contributed by atoms with Crippen molar-refractivity contribution in [2.24, 2.45) is 10.8 Å². The molecule has 0 amide bonds. The molecule has 0 saturated carbocycles. The van der Waals surface area contributed by atoms with Crippen molar-refractivity contribution in [3.63, 3.8) is 0 Å². The number of rotatable bonds is 2. The maximum Gasteiger partial charge on any atom is 0.0794 e. The Hall–Kier alpha value is -0.410. The van der Waals surface area contributed by atoms with Gasteiger partial charge in [0, 0.05) is 17.6 Å². The van der Waals surface area contributed by atoms with Gasteiger partial charge >= 0.3 is 0 Å². The van der Waals surface area contributed by atoms with Crippen LogP contribution >= 0.6 is 11.3 Å². The van der Waals surface area contributed by atoms with E-state index in [-0.39, 0.29) is 0 Å². The van der Waals surface area contributed by atoms with Crippen LogP contribution in [0.4, 0.5) is 0 Å². The van der Waals surface area contributed by atoms with Gasteiger partial charge in [0.15, 0.2) is 0 Å². The number of aromatic nitrogens is 1. The van der Waals surface area contributed by atoms with Crippen molar-refractivity contribution in [3.8, 4) is 0 Å². The molecule has 2 rings (SSSR count). The van der Waals surface area contributed by atoms with Gasteiger partial charge in [-0.15, -0.1) is 11.3 Å². The van der Waals surface area contributed by atoms with Crippen molar-refractivity contribution in [1.29, 1.82) is 0 Å². The molecule has 0 unspecified atom stereocenters. The average molecular weight is 252 g/mol. The summed E-state index contributed by atoms with van der Waals surface area (Å²) in [5.41, 5.74) is 2.85. The third kappa shape index (κ3) is 2.89. The second-order valence-electron chi connectivity index (χ2n) is 6.55. The van der Waals surface area contributed by atoms with Gasteiger partial charge in [-0.05, 0) is 36.8 Å². The van der Waals surface area contributed by atoms with Crippen LogP contribution in [0.1, 0.15) is 45.4 Å². The molecule has 0 atom stereocenters. The summed E-state index contributed by atoms with van der Waals surface area (Å²) in [6.07, 6.45) is 4.63. The first-order valence-corrected chi connectivity index (χ1v) is 7.38. The fourth-order valence-corrected chi connectivity index (χ4v) is 3.13. The third-order valence-corrected chi connectivity index (χ3v) is 5.40. The van der Waals surface area contributed by atoms with Gasteiger partial charge in [-0.3, -0.25) is 9.88 Å². The SMILES string of the molecule is CC(C)(C)C1(C)CCN(Cc2cncs2)CC1. The highest BCUT2D eigenvalue weighted by molar-refractivity contribution is 7.09. The molecule has 2 heterocycles. The summed E-state index contributed by atoms with van der Waals surface area (Å²) < 4.78 is 0. The van der Waals surface area contributed by atoms with Gasteiger partial charge in [-0.25, -0.2) is 0 Å². The normalized spacial score (nSPS) is 21.6. The molecule has 96 valence electrons. The second-order valence-corrected chi connectivity index (χ2v) is 7.53. The summed E-state index contributed by atoms with van der Waals surface area (Å²) in [5.74, 6) is 0. The first-order chi connectivity index (χ1) is 7.91. The van der Waals surface area contributed by atoms with Crippen LogP contribution in [0.15, 0.2) is 11.7 Å². The molecule has 0 radical (unpaired) electrons. The summed E-state index contributed by atoms with van der Waals surface area (Å²) in [4.78, 5) is 8.11. The highest BCUT2D eigenvalue weighted by atomic mass is 32.1. The van der Waals surface area contributed by atoms with Crippen LogP contribution < -0.4 is 0 Å². The third-order valence-electron chi connectivity index (χ3n) is 4.63. The van der Waals surface area contributed by atoms with Gasteiger partial charge < -0.3 is 0 Å². The maximum atomic E-state index is 4.15. The lowest BCUT2D eigenvalue weighted by Gasteiger charge is -2.47. The minimum atomic E-state index is 0.420. The molecule has 1 aromatic rings. The monoisotopic (exact) mass is 252 g/mol. The molecule has 17 heavy (non-hydrogen) atoms. The van der Waals surface area contributed by atoms with E-state index >= 15 is 0 Å². The fourth-order valence-electron chi connectivity index (χ4n) is 2.50. The van der Waals surface area contributed by atoms with Gasteiger partial charge in [-0.1, -0.05) is 27.7 Å². The number of nitrogens with zero attached hydrogens (tertiary/aromatic N) is 2. The van der Waals surface area contributed by atoms with Crippen LogP contribution in [0.25, 0.3) is 0 Å². The highest BCUT2D eigenvalue weighted by Gasteiger charge is 2.39. The Labute approximate surface area is 109 Å². The Balaban J connectivity index is 1.90. The zero-order valence-corrected chi connectivity index (χ0v) is 12.3. The minimum Gasteiger partial charge on any atom is -0.298 e. The van der Waals surface area contributed by atoms with Crippen LogP contribution in [0.2, 0.25) is 0 Å². The molecule has 0 aromatic carbocycles. The van der Waals surface area contributed by atoms with Crippen molar-refractivity contribution in [2.45, 2.75) is 47.1 Å². The van der Waals surface area contributed by atoms with E-state index in [4.69, 9.17) is 0 Å². The largest absolute Gasteiger partial charge is 0.298 e. The molecule has 0 spiro atoms. The van der Waals surface area contributed by atoms with Crippen LogP contribution in [-0.4, -0.2) is 23.0 Å². The van der Waals surface area contributed by atoms with E-state index in [2.05, 4.69) is 37.6 Å². The summed E-state index contributed by atoms with van der Waals surface area (Å²) in [6.45, 7) is 13.1. The number of hydrogen-bond donors (Lipinski definition) is 0. The molecule has 1 aliphatic rings. The van der Waals surface area contributed by atoms with Crippen molar-refractivity contribution in [2.75, 3.05) is 13.1 Å². The van der Waals surface area contributed by atoms with Crippen LogP contribution in [-0.2, 0) is 6.54 Å². The molecule has 1 aromatic heterocycles. The van der Waals surface area contributed by atoms with Crippen LogP contribution in [0.3, 0.4) is 0 Å². The topological polar surface area (TPSA) is 16.1 Å². The van der Waals surface area contributed by atoms with E-state index in [1.54, 1.807) is 11.3 Å². The van der Waals surface area contributed by atoms with Crippen LogP contribution in [0.5, 0.6) is 0 Å². The molecule has 1 fully saturated rings. The lowest BCUT2D eigenvalue weighted by Crippen LogP contribution is -2.44. The smallest absolute Gasteiger partial charge is 0.0794 e. The maximum absolute atomic E-state index is 4.15. The van der Waals surface area contributed by atoms with E-state index < -0.39 is 0 Å². The van der Waals surface area contributed by atoms with Crippen molar-refractivity contribution in [3.05, 3.63) is 16.6 Å². The first-order valence-electron chi connectivity index (χ1n) is 6.50. The van der Waals surface area contributed by atoms with Gasteiger partial charge in [0.1, 0.15) is 0 Å². The Bertz CT molecular complexity index is 343. The molecule has 3 heteroatoms. The lowest BCUT2D eigenvalue weighted by atomic mass is 9.63. The van der Waals surface area contributed by atoms with Gasteiger partial charge in [0.25, 0.3) is 0 Å². The van der Waals surface area contributed by atoms with E-state index in [0.717, 1.165) is 6.54 Å². The van der Waals surface area contributed by atoms with Crippen LogP contribution in [0, 0.1) is 10.8 Å². The fraction of sp³-hybridized carbons (Fsp3) is 0.786. The molecule has 1 aliphatic heterocycles. The van der Waals surface area contributed by atoms with E-state index in [9.17, 15) is 0 Å². The quantitative estimate of drug-likeness (QED) is 0.796. The second kappa shape index (κ2) is 4.69. The van der Waals surface area contributed by atoms with Gasteiger partial charge in [0.05, 0.1) is 5.51 Å². The first kappa shape index (κ1) is 13.0. The average Bonchev–Trinajstić information content (AvgIpc) is 2.73. The predicted molar refractivity (Wildman–Crippen MR) is 74.2 cm³/mol. The molecule has 2 nitrogen and oxygen atoms in total. The van der Waals surface area contributed by atoms with Crippen molar-refractivity contribution >= 4 is 11.3 Å². The summed E-state index contributed by atoms with van der Waals surface area (Å²) in [7, 11) is 0. The molecule has 1 saturated heterocycles. The zero-order valence-electron chi connectivity index (χ0n) is 11.5. The van der Waals surface area contributed by atoms with E-state index in [0.29, 0.717) is 10.8 Å². The number of piperidine rings is 1. The van der Waals surface area contributed by atoms with Gasteiger partial charge in [0.2, 0.25) is 0 Å². The number of thiazole rings is 1. The summed E-state index contributed by atoms with van der Waals surface area (Å²) in [5, 5.41) is 0. The molecule has 0 aliphatic carbocycles. The summed E-state index contributed by atoms with van der Waals surface area (Å²) in [6, 6.07) is 0. The zero-order chi connectivity index (χ0) is 12.5. The van der Waals surface area contributed by atoms with Gasteiger partial charge in [-0.2, -0.15) is 0 Å². The molecule has 0 N–H and O–H groups in total. The molecular weight excluding hydrogens is 228 g/mol. The standard InChI is InChI=1S/C14H24N2S/c1-13(2,3)14(4)5-7-16(8-6-14)10-12-9-15-11-17-12/h9,11H,5-8,10H2,1-4H3. The van der Waals surface area contributed by atoms with E-state index in [1.165, 1.54) is 30.8 Å². The Morgan fingerprint density at radius 2 is 2.00 bits per heavy atom. The lowest BCUT2D eigenvalue weighted by molar-refractivity contribution is 0.0201. The Kier molecular flexibility index (Phi) is 3.60. The van der Waals surface area contributed by atoms with E-state index in [1.807, 2.05) is 11.7 Å². The minimum absolute atomic E-state index is 0.420. The molecule has 0 bridgehead atoms. The summed E-state index contributed by atoms with van der Waals surface area (Å²) >= 11 is 1.77. The van der Waals surface area contributed by atoms with Crippen molar-refractivity contribution < 1.29 is 0 Å². The number of likely N-dealkylation sites (tertiary alicyclic amines) is 1. The predicted octanol–water partition coefficient (Wildman–Crippen LogP) is 3.79. The Morgan fingerprint density at radius 3 is 2.47 bits per heavy atom.